The first kappa shape index (κ1) is 18.6. The number of carbonyl (C=O) groups is 2. The summed E-state index contributed by atoms with van der Waals surface area (Å²) in [6.07, 6.45) is -9.09. The second-order valence-corrected chi connectivity index (χ2v) is 4.17. The largest absolute Gasteiger partial charge is 0.450 e. The van der Waals surface area contributed by atoms with Crippen LogP contribution >= 0.6 is 12.8 Å². The molecule has 0 atom stereocenters. The smallest absolute Gasteiger partial charge is 0.361 e. The summed E-state index contributed by atoms with van der Waals surface area (Å²) in [5, 5.41) is 0. The molecule has 116 valence electrons. The average molecular weight is 324 g/mol. The minimum Gasteiger partial charge on any atom is -0.361 e. The van der Waals surface area contributed by atoms with Crippen molar-refractivity contribution in [2.75, 3.05) is 13.7 Å². The molecule has 0 bridgehead atoms. The Morgan fingerprint density at radius 1 is 1.05 bits per heavy atom. The van der Waals surface area contributed by atoms with Crippen LogP contribution in [0.15, 0.2) is 12.4 Å². The molecule has 0 aromatic carbocycles. The summed E-state index contributed by atoms with van der Waals surface area (Å²) in [5.74, 6) is -5.40. The molecule has 0 aromatic rings. The normalized spacial score (nSPS) is 15.0. The Morgan fingerprint density at radius 3 is 1.60 bits per heavy atom. The molecule has 0 fully saturated rings. The van der Waals surface area contributed by atoms with Gasteiger partial charge in [0.15, 0.2) is 0 Å². The third-order valence-corrected chi connectivity index (χ3v) is 2.07. The maximum atomic E-state index is 11.3. The van der Waals surface area contributed by atoms with Gasteiger partial charge in [0.05, 0.1) is 13.1 Å². The van der Waals surface area contributed by atoms with Crippen molar-refractivity contribution in [2.45, 2.75) is 18.8 Å². The minimum absolute atomic E-state index is 0.892. The van der Waals surface area contributed by atoms with Gasteiger partial charge in [0.2, 0.25) is 11.6 Å². The van der Waals surface area contributed by atoms with Gasteiger partial charge in [0, 0.05) is 19.4 Å². The van der Waals surface area contributed by atoms with Gasteiger partial charge in [0.25, 0.3) is 0 Å². The summed E-state index contributed by atoms with van der Waals surface area (Å²) in [7, 11) is 2.01. The van der Waals surface area contributed by atoms with Crippen LogP contribution < -0.4 is 0 Å². The van der Waals surface area contributed by atoms with E-state index in [-0.39, 0.29) is 0 Å². The molecule has 1 aliphatic heterocycles. The topological polar surface area (TPSA) is 40.6 Å². The molecule has 0 aliphatic carbocycles. The highest BCUT2D eigenvalue weighted by Crippen LogP contribution is 2.23. The molecule has 0 amide bonds. The fourth-order valence-electron chi connectivity index (χ4n) is 0.860. The van der Waals surface area contributed by atoms with Crippen molar-refractivity contribution < 1.29 is 35.9 Å². The van der Waals surface area contributed by atoms with Crippen LogP contribution in [0.1, 0.15) is 6.42 Å². The number of Topliss-reactive ketones (excluding diaryl/α,β-unsaturated/α-hetero) is 2. The Hall–Kier alpha value is -1.39. The third-order valence-electron chi connectivity index (χ3n) is 1.81. The molecular weight excluding hydrogens is 314 g/mol. The third kappa shape index (κ3) is 7.26. The predicted octanol–water partition coefficient (Wildman–Crippen LogP) is 2.15. The van der Waals surface area contributed by atoms with Crippen molar-refractivity contribution in [3.8, 4) is 0 Å². The minimum atomic E-state index is -5.40. The number of thiol groups is 1. The molecular formula is C9H10F6N2O2S. The van der Waals surface area contributed by atoms with Crippen LogP contribution in [0.25, 0.3) is 0 Å². The summed E-state index contributed by atoms with van der Waals surface area (Å²) >= 11 is 4.06. The Labute approximate surface area is 115 Å². The number of alkyl halides is 6. The lowest BCUT2D eigenvalue weighted by atomic mass is 10.2. The molecule has 11 heteroatoms. The highest BCUT2D eigenvalue weighted by atomic mass is 32.1. The van der Waals surface area contributed by atoms with Gasteiger partial charge in [-0.05, 0) is 0 Å². The van der Waals surface area contributed by atoms with Crippen molar-refractivity contribution in [2.24, 2.45) is 0 Å². The lowest BCUT2D eigenvalue weighted by Crippen LogP contribution is -2.31. The first-order valence-electron chi connectivity index (χ1n) is 4.88. The molecule has 0 saturated carbocycles. The van der Waals surface area contributed by atoms with Crippen molar-refractivity contribution in [3.05, 3.63) is 12.4 Å². The van der Waals surface area contributed by atoms with Crippen LogP contribution in [-0.4, -0.2) is 46.8 Å². The van der Waals surface area contributed by atoms with Crippen molar-refractivity contribution >= 4 is 24.4 Å². The summed E-state index contributed by atoms with van der Waals surface area (Å²) in [5.41, 5.74) is 0. The standard InChI is InChI=1S/C5H2F6O2.C4H8N2S/c6-4(7,8)2(12)1-3(13)5(9,10)11;1-5-2-3-6(7)4-5/h1H2;2-3,7H,4H2,1H3. The number of ketones is 2. The van der Waals surface area contributed by atoms with E-state index in [1.54, 1.807) is 0 Å². The number of nitrogens with zero attached hydrogens (tertiary/aromatic N) is 2. The maximum absolute atomic E-state index is 11.3. The van der Waals surface area contributed by atoms with Crippen LogP contribution in [-0.2, 0) is 9.59 Å². The quantitative estimate of drug-likeness (QED) is 0.480. The second-order valence-electron chi connectivity index (χ2n) is 3.65. The molecule has 1 heterocycles. The van der Waals surface area contributed by atoms with Gasteiger partial charge in [-0.15, -0.1) is 0 Å². The van der Waals surface area contributed by atoms with Gasteiger partial charge >= 0.3 is 12.4 Å². The van der Waals surface area contributed by atoms with Gasteiger partial charge in [-0.2, -0.15) is 26.3 Å². The van der Waals surface area contributed by atoms with Gasteiger partial charge in [-0.3, -0.25) is 9.59 Å². The zero-order valence-electron chi connectivity index (χ0n) is 9.99. The lowest BCUT2D eigenvalue weighted by molar-refractivity contribution is -0.182. The molecule has 4 nitrogen and oxygen atoms in total. The molecule has 0 aromatic heterocycles. The van der Waals surface area contributed by atoms with E-state index in [0.29, 0.717) is 0 Å². The van der Waals surface area contributed by atoms with Crippen LogP contribution in [0.4, 0.5) is 26.3 Å². The molecule has 20 heavy (non-hydrogen) atoms. The predicted molar refractivity (Wildman–Crippen MR) is 59.3 cm³/mol. The van der Waals surface area contributed by atoms with Crippen molar-refractivity contribution in [1.29, 1.82) is 0 Å². The highest BCUT2D eigenvalue weighted by molar-refractivity contribution is 7.77. The average Bonchev–Trinajstić information content (AvgIpc) is 2.60. The second kappa shape index (κ2) is 6.86. The van der Waals surface area contributed by atoms with Crippen molar-refractivity contribution in [3.63, 3.8) is 0 Å². The maximum Gasteiger partial charge on any atom is 0.450 e. The molecule has 0 unspecified atom stereocenters. The number of hydrogen-bond donors (Lipinski definition) is 1. The summed E-state index contributed by atoms with van der Waals surface area (Å²) in [6.45, 7) is 0.892. The molecule has 0 radical (unpaired) electrons. The molecule has 1 rings (SSSR count). The zero-order chi connectivity index (χ0) is 16.1. The number of rotatable bonds is 2. The Bertz CT molecular complexity index is 359. The molecule has 0 N–H and O–H groups in total. The van der Waals surface area contributed by atoms with Crippen LogP contribution in [0.5, 0.6) is 0 Å². The number of halogens is 6. The van der Waals surface area contributed by atoms with E-state index in [2.05, 4.69) is 12.8 Å². The summed E-state index contributed by atoms with van der Waals surface area (Å²) < 4.78 is 69.8. The van der Waals surface area contributed by atoms with E-state index in [1.807, 2.05) is 28.7 Å². The highest BCUT2D eigenvalue weighted by Gasteiger charge is 2.46. The van der Waals surface area contributed by atoms with Crippen LogP contribution in [0.3, 0.4) is 0 Å². The fourth-order valence-corrected chi connectivity index (χ4v) is 1.12. The van der Waals surface area contributed by atoms with Gasteiger partial charge in [-0.25, -0.2) is 0 Å². The molecule has 0 saturated heterocycles. The Kier molecular flexibility index (Phi) is 6.38. The molecule has 1 aliphatic rings. The summed E-state index contributed by atoms with van der Waals surface area (Å²) in [4.78, 5) is 21.8. The number of hydrogen-bond acceptors (Lipinski definition) is 5. The zero-order valence-corrected chi connectivity index (χ0v) is 10.9. The number of carbonyl (C=O) groups excluding carboxylic acids is 2. The fraction of sp³-hybridized carbons (Fsp3) is 0.556. The van der Waals surface area contributed by atoms with Crippen LogP contribution in [0, 0.1) is 0 Å². The Balaban J connectivity index is 0.000000428. The van der Waals surface area contributed by atoms with E-state index < -0.39 is 30.3 Å². The van der Waals surface area contributed by atoms with Crippen molar-refractivity contribution in [1.82, 2.24) is 9.21 Å². The van der Waals surface area contributed by atoms with Gasteiger partial charge in [0.1, 0.15) is 0 Å². The first-order chi connectivity index (χ1) is 8.84. The first-order valence-corrected chi connectivity index (χ1v) is 5.28. The SMILES string of the molecule is CN1C=CN(S)C1.O=C(CC(=O)C(F)(F)F)C(F)(F)F. The summed E-state index contributed by atoms with van der Waals surface area (Å²) in [6, 6.07) is 0. The molecule has 0 spiro atoms. The lowest BCUT2D eigenvalue weighted by Gasteiger charge is -2.09. The van der Waals surface area contributed by atoms with Gasteiger partial charge in [-0.1, -0.05) is 12.8 Å². The van der Waals surface area contributed by atoms with E-state index in [1.165, 1.54) is 0 Å². The monoisotopic (exact) mass is 324 g/mol. The van der Waals surface area contributed by atoms with Crippen LogP contribution in [0.2, 0.25) is 0 Å². The van der Waals surface area contributed by atoms with E-state index in [9.17, 15) is 35.9 Å². The van der Waals surface area contributed by atoms with E-state index >= 15 is 0 Å². The van der Waals surface area contributed by atoms with E-state index in [0.717, 1.165) is 6.67 Å². The Morgan fingerprint density at radius 2 is 1.45 bits per heavy atom. The van der Waals surface area contributed by atoms with E-state index in [4.69, 9.17) is 0 Å². The van der Waals surface area contributed by atoms with Gasteiger partial charge < -0.3 is 9.21 Å².